The van der Waals surface area contributed by atoms with Crippen LogP contribution in [0.2, 0.25) is 0 Å². The van der Waals surface area contributed by atoms with Gasteiger partial charge in [0.15, 0.2) is 0 Å². The third-order valence-corrected chi connectivity index (χ3v) is 4.47. The van der Waals surface area contributed by atoms with Gasteiger partial charge >= 0.3 is 0 Å². The number of benzene rings is 2. The lowest BCUT2D eigenvalue weighted by atomic mass is 9.84. The fourth-order valence-corrected chi connectivity index (χ4v) is 2.78. The van der Waals surface area contributed by atoms with Crippen LogP contribution in [0, 0.1) is 17.0 Å². The van der Waals surface area contributed by atoms with Crippen LogP contribution in [0.15, 0.2) is 46.9 Å². The first-order chi connectivity index (χ1) is 11.2. The van der Waals surface area contributed by atoms with Crippen molar-refractivity contribution in [3.8, 4) is 0 Å². The van der Waals surface area contributed by atoms with Crippen LogP contribution in [0.5, 0.6) is 0 Å². The number of nitro groups is 1. The van der Waals surface area contributed by atoms with Crippen molar-refractivity contribution >= 4 is 27.5 Å². The van der Waals surface area contributed by atoms with Crippen molar-refractivity contribution in [3.05, 3.63) is 73.7 Å². The van der Waals surface area contributed by atoms with Gasteiger partial charge < -0.3 is 5.32 Å². The highest BCUT2D eigenvalue weighted by atomic mass is 79.9. The molecular formula is C18H19BrN2O3. The van der Waals surface area contributed by atoms with Crippen LogP contribution < -0.4 is 5.32 Å². The number of rotatable bonds is 5. The second-order valence-corrected chi connectivity index (χ2v) is 7.25. The van der Waals surface area contributed by atoms with Gasteiger partial charge in [0, 0.05) is 34.1 Å². The molecular weight excluding hydrogens is 372 g/mol. The molecule has 0 saturated carbocycles. The lowest BCUT2D eigenvalue weighted by Gasteiger charge is -2.26. The molecule has 2 aromatic rings. The van der Waals surface area contributed by atoms with Gasteiger partial charge in [-0.15, -0.1) is 0 Å². The number of hydrogen-bond acceptors (Lipinski definition) is 3. The van der Waals surface area contributed by atoms with Gasteiger partial charge in [0.25, 0.3) is 11.6 Å². The monoisotopic (exact) mass is 390 g/mol. The van der Waals surface area contributed by atoms with E-state index in [-0.39, 0.29) is 17.0 Å². The highest BCUT2D eigenvalue weighted by Gasteiger charge is 2.23. The molecule has 2 aromatic carbocycles. The predicted octanol–water partition coefficient (Wildman–Crippen LogP) is 4.37. The van der Waals surface area contributed by atoms with Gasteiger partial charge in [-0.25, -0.2) is 0 Å². The minimum Gasteiger partial charge on any atom is -0.351 e. The molecule has 1 N–H and O–H groups in total. The highest BCUT2D eigenvalue weighted by Crippen LogP contribution is 2.25. The van der Waals surface area contributed by atoms with E-state index in [2.05, 4.69) is 21.2 Å². The maximum Gasteiger partial charge on any atom is 0.270 e. The molecule has 0 radical (unpaired) electrons. The molecule has 0 atom stereocenters. The summed E-state index contributed by atoms with van der Waals surface area (Å²) in [6.07, 6.45) is 0. The Morgan fingerprint density at radius 1 is 1.25 bits per heavy atom. The summed E-state index contributed by atoms with van der Waals surface area (Å²) in [5, 5.41) is 13.8. The molecule has 126 valence electrons. The average molecular weight is 391 g/mol. The first-order valence-electron chi connectivity index (χ1n) is 7.50. The van der Waals surface area contributed by atoms with E-state index in [0.29, 0.717) is 17.7 Å². The van der Waals surface area contributed by atoms with Crippen LogP contribution >= 0.6 is 15.9 Å². The molecule has 0 saturated heterocycles. The Morgan fingerprint density at radius 2 is 1.96 bits per heavy atom. The van der Waals surface area contributed by atoms with Crippen molar-refractivity contribution in [2.45, 2.75) is 26.2 Å². The molecule has 0 aliphatic carbocycles. The summed E-state index contributed by atoms with van der Waals surface area (Å²) in [7, 11) is 0. The second kappa shape index (κ2) is 7.13. The maximum absolute atomic E-state index is 12.4. The average Bonchev–Trinajstić information content (AvgIpc) is 2.53. The number of carbonyl (C=O) groups excluding carboxylic acids is 1. The van der Waals surface area contributed by atoms with E-state index >= 15 is 0 Å². The first-order valence-corrected chi connectivity index (χ1v) is 8.29. The van der Waals surface area contributed by atoms with Gasteiger partial charge in [-0.2, -0.15) is 0 Å². The quantitative estimate of drug-likeness (QED) is 0.608. The van der Waals surface area contributed by atoms with E-state index in [4.69, 9.17) is 0 Å². The Morgan fingerprint density at radius 3 is 2.58 bits per heavy atom. The fraction of sp³-hybridized carbons (Fsp3) is 0.278. The molecule has 0 bridgehead atoms. The number of halogens is 1. The van der Waals surface area contributed by atoms with Gasteiger partial charge in [0.1, 0.15) is 0 Å². The van der Waals surface area contributed by atoms with Crippen molar-refractivity contribution in [2.75, 3.05) is 6.54 Å². The smallest absolute Gasteiger partial charge is 0.270 e. The van der Waals surface area contributed by atoms with Crippen LogP contribution in [-0.4, -0.2) is 17.4 Å². The van der Waals surface area contributed by atoms with Crippen LogP contribution in [-0.2, 0) is 5.41 Å². The third-order valence-electron chi connectivity index (χ3n) is 3.97. The molecule has 0 aliphatic heterocycles. The third kappa shape index (κ3) is 4.20. The van der Waals surface area contributed by atoms with Gasteiger partial charge in [-0.1, -0.05) is 48.0 Å². The van der Waals surface area contributed by atoms with E-state index in [0.717, 1.165) is 10.0 Å². The van der Waals surface area contributed by atoms with Crippen molar-refractivity contribution < 1.29 is 9.72 Å². The number of nitrogens with one attached hydrogen (secondary N) is 1. The number of amides is 1. The Labute approximate surface area is 149 Å². The number of aryl methyl sites for hydroxylation is 1. The summed E-state index contributed by atoms with van der Waals surface area (Å²) in [5.41, 5.74) is 1.77. The van der Waals surface area contributed by atoms with Gasteiger partial charge in [-0.3, -0.25) is 14.9 Å². The molecule has 0 heterocycles. The normalized spacial score (nSPS) is 11.2. The standard InChI is InChI=1S/C18H19BrN2O3/c1-12-7-8-15(21(23)24)10-16(12)17(22)20-11-18(2,3)13-5-4-6-14(19)9-13/h4-10H,11H2,1-3H3,(H,20,22). The number of nitro benzene ring substituents is 1. The van der Waals surface area contributed by atoms with Crippen molar-refractivity contribution in [1.29, 1.82) is 0 Å². The minimum atomic E-state index is -0.498. The molecule has 6 heteroatoms. The molecule has 0 aliphatic rings. The van der Waals surface area contributed by atoms with E-state index in [9.17, 15) is 14.9 Å². The minimum absolute atomic E-state index is 0.0861. The first kappa shape index (κ1) is 18.1. The second-order valence-electron chi connectivity index (χ2n) is 6.33. The lowest BCUT2D eigenvalue weighted by Crippen LogP contribution is -2.37. The molecule has 5 nitrogen and oxygen atoms in total. The summed E-state index contributed by atoms with van der Waals surface area (Å²) in [4.78, 5) is 22.8. The largest absolute Gasteiger partial charge is 0.351 e. The Hall–Kier alpha value is -2.21. The Kier molecular flexibility index (Phi) is 5.39. The fourth-order valence-electron chi connectivity index (χ4n) is 2.38. The summed E-state index contributed by atoms with van der Waals surface area (Å²) in [6, 6.07) is 12.2. The molecule has 0 unspecified atom stereocenters. The number of hydrogen-bond donors (Lipinski definition) is 1. The topological polar surface area (TPSA) is 72.2 Å². The van der Waals surface area contributed by atoms with Crippen LogP contribution in [0.4, 0.5) is 5.69 Å². The molecule has 24 heavy (non-hydrogen) atoms. The molecule has 0 fully saturated rings. The predicted molar refractivity (Wildman–Crippen MR) is 97.3 cm³/mol. The van der Waals surface area contributed by atoms with Crippen LogP contribution in [0.3, 0.4) is 0 Å². The van der Waals surface area contributed by atoms with Crippen LogP contribution in [0.25, 0.3) is 0 Å². The zero-order valence-corrected chi connectivity index (χ0v) is 15.4. The molecule has 0 spiro atoms. The molecule has 1 amide bonds. The summed E-state index contributed by atoms with van der Waals surface area (Å²) in [6.45, 7) is 6.26. The zero-order valence-electron chi connectivity index (χ0n) is 13.8. The van der Waals surface area contributed by atoms with E-state index < -0.39 is 4.92 Å². The zero-order chi connectivity index (χ0) is 17.9. The SMILES string of the molecule is Cc1ccc([N+](=O)[O-])cc1C(=O)NCC(C)(C)c1cccc(Br)c1. The van der Waals surface area contributed by atoms with Crippen molar-refractivity contribution in [2.24, 2.45) is 0 Å². The van der Waals surface area contributed by atoms with Gasteiger partial charge in [0.2, 0.25) is 0 Å². The Balaban J connectivity index is 2.15. The Bertz CT molecular complexity index is 788. The van der Waals surface area contributed by atoms with Crippen molar-refractivity contribution in [3.63, 3.8) is 0 Å². The lowest BCUT2D eigenvalue weighted by molar-refractivity contribution is -0.384. The van der Waals surface area contributed by atoms with E-state index in [1.165, 1.54) is 12.1 Å². The summed E-state index contributed by atoms with van der Waals surface area (Å²) >= 11 is 3.45. The summed E-state index contributed by atoms with van der Waals surface area (Å²) < 4.78 is 0.980. The maximum atomic E-state index is 12.4. The van der Waals surface area contributed by atoms with Crippen molar-refractivity contribution in [1.82, 2.24) is 5.32 Å². The van der Waals surface area contributed by atoms with E-state index in [1.54, 1.807) is 13.0 Å². The number of nitrogens with zero attached hydrogens (tertiary/aromatic N) is 1. The summed E-state index contributed by atoms with van der Waals surface area (Å²) in [5.74, 6) is -0.306. The van der Waals surface area contributed by atoms with E-state index in [1.807, 2.05) is 38.1 Å². The number of carbonyl (C=O) groups is 1. The van der Waals surface area contributed by atoms with Gasteiger partial charge in [0.05, 0.1) is 4.92 Å². The van der Waals surface area contributed by atoms with Crippen LogP contribution in [0.1, 0.15) is 35.3 Å². The molecule has 2 rings (SSSR count). The number of non-ortho nitro benzene ring substituents is 1. The highest BCUT2D eigenvalue weighted by molar-refractivity contribution is 9.10. The van der Waals surface area contributed by atoms with Gasteiger partial charge in [-0.05, 0) is 30.2 Å². The molecule has 0 aromatic heterocycles.